The van der Waals surface area contributed by atoms with Gasteiger partial charge in [-0.2, -0.15) is 0 Å². The second-order valence-corrected chi connectivity index (χ2v) is 10.3. The van der Waals surface area contributed by atoms with E-state index in [0.717, 1.165) is 31.3 Å². The lowest BCUT2D eigenvalue weighted by Gasteiger charge is -2.55. The number of carbonyl (C=O) groups excluding carboxylic acids is 3. The van der Waals surface area contributed by atoms with Crippen LogP contribution in [0.4, 0.5) is 0 Å². The molecule has 0 aromatic rings. The fourth-order valence-electron chi connectivity index (χ4n) is 6.86. The summed E-state index contributed by atoms with van der Waals surface area (Å²) in [5.74, 6) is -0.279. The maximum atomic E-state index is 12.9. The van der Waals surface area contributed by atoms with Crippen LogP contribution in [0.15, 0.2) is 23.3 Å². The molecule has 2 unspecified atom stereocenters. The van der Waals surface area contributed by atoms with Crippen molar-refractivity contribution in [2.45, 2.75) is 78.2 Å². The van der Waals surface area contributed by atoms with Gasteiger partial charge in [-0.05, 0) is 38.5 Å². The number of ether oxygens (including phenoxy) is 2. The fourth-order valence-corrected chi connectivity index (χ4v) is 6.86. The zero-order valence-corrected chi connectivity index (χ0v) is 18.9. The molecule has 2 fully saturated rings. The van der Waals surface area contributed by atoms with Crippen molar-refractivity contribution in [2.75, 3.05) is 7.11 Å². The van der Waals surface area contributed by atoms with Crippen LogP contribution >= 0.6 is 0 Å². The van der Waals surface area contributed by atoms with E-state index >= 15 is 0 Å². The predicted molar refractivity (Wildman–Crippen MR) is 112 cm³/mol. The molecule has 5 heteroatoms. The molecule has 0 saturated heterocycles. The molecule has 0 bridgehead atoms. The van der Waals surface area contributed by atoms with E-state index in [4.69, 9.17) is 9.47 Å². The van der Waals surface area contributed by atoms with Gasteiger partial charge in [-0.1, -0.05) is 44.1 Å². The number of fused-ring (bicyclic) bond motifs is 5. The Labute approximate surface area is 179 Å². The first-order chi connectivity index (χ1) is 14.1. The number of methoxy groups -OCH3 is 1. The monoisotopic (exact) mass is 414 g/mol. The van der Waals surface area contributed by atoms with Gasteiger partial charge >= 0.3 is 11.9 Å². The Balaban J connectivity index is 1.80. The Morgan fingerprint density at radius 1 is 1.20 bits per heavy atom. The highest BCUT2D eigenvalue weighted by atomic mass is 16.6. The SMILES string of the molecule is CCC(=O)O[C@@]1(C)CCC2C3C(=CC[C@@]21C)[C@@]1(C)CCC(=O)CC1=C[C@H]3C(=O)OC. The van der Waals surface area contributed by atoms with Gasteiger partial charge in [0, 0.05) is 36.0 Å². The minimum absolute atomic E-state index is 0.0281. The van der Waals surface area contributed by atoms with Gasteiger partial charge in [0.05, 0.1) is 13.0 Å². The van der Waals surface area contributed by atoms with Crippen molar-refractivity contribution in [3.63, 3.8) is 0 Å². The largest absolute Gasteiger partial charge is 0.469 e. The summed E-state index contributed by atoms with van der Waals surface area (Å²) in [6, 6.07) is 0. The van der Waals surface area contributed by atoms with Crippen molar-refractivity contribution in [3.8, 4) is 0 Å². The third-order valence-corrected chi connectivity index (χ3v) is 9.00. The average Bonchev–Trinajstić information content (AvgIpc) is 2.98. The van der Waals surface area contributed by atoms with Crippen molar-refractivity contribution in [3.05, 3.63) is 23.3 Å². The van der Waals surface area contributed by atoms with Crippen LogP contribution in [0.1, 0.15) is 72.6 Å². The molecule has 4 aliphatic carbocycles. The summed E-state index contributed by atoms with van der Waals surface area (Å²) in [5, 5.41) is 0. The van der Waals surface area contributed by atoms with E-state index in [-0.39, 0.29) is 46.3 Å². The van der Waals surface area contributed by atoms with Crippen LogP contribution in [0, 0.1) is 28.6 Å². The van der Waals surface area contributed by atoms with Gasteiger partial charge in [-0.3, -0.25) is 14.4 Å². The fraction of sp³-hybridized carbons (Fsp3) is 0.720. The number of esters is 2. The van der Waals surface area contributed by atoms with Crippen LogP contribution in [0.2, 0.25) is 0 Å². The van der Waals surface area contributed by atoms with Gasteiger partial charge in [-0.15, -0.1) is 0 Å². The molecule has 164 valence electrons. The minimum atomic E-state index is -0.541. The number of hydrogen-bond acceptors (Lipinski definition) is 5. The third-order valence-electron chi connectivity index (χ3n) is 9.00. The molecule has 4 aliphatic rings. The maximum Gasteiger partial charge on any atom is 0.313 e. The highest BCUT2D eigenvalue weighted by Gasteiger charge is 2.64. The standard InChI is InChI=1S/C25H34O5/c1-6-20(27)30-25(4)12-9-19-21-17(22(28)29-5)14-15-13-16(26)7-10-23(15,2)18(21)8-11-24(19,25)3/h8,14,17,19,21H,6-7,9-13H2,1-5H3/t17-,19?,21?,23+,24+,25+/m1/s1. The third kappa shape index (κ3) is 2.84. The first kappa shape index (κ1) is 21.3. The average molecular weight is 415 g/mol. The molecule has 0 aromatic heterocycles. The number of rotatable bonds is 3. The van der Waals surface area contributed by atoms with E-state index in [2.05, 4.69) is 26.8 Å². The van der Waals surface area contributed by atoms with E-state index in [0.29, 0.717) is 19.3 Å². The summed E-state index contributed by atoms with van der Waals surface area (Å²) >= 11 is 0. The predicted octanol–water partition coefficient (Wildman–Crippen LogP) is 4.55. The van der Waals surface area contributed by atoms with E-state index in [9.17, 15) is 14.4 Å². The van der Waals surface area contributed by atoms with Crippen molar-refractivity contribution in [1.29, 1.82) is 0 Å². The number of allylic oxidation sites excluding steroid dienone is 3. The van der Waals surface area contributed by atoms with Crippen LogP contribution in [-0.2, 0) is 23.9 Å². The van der Waals surface area contributed by atoms with Crippen LogP contribution < -0.4 is 0 Å². The van der Waals surface area contributed by atoms with Gasteiger partial charge in [0.25, 0.3) is 0 Å². The molecular formula is C25H34O5. The Bertz CT molecular complexity index is 854. The number of ketones is 1. The Morgan fingerprint density at radius 3 is 2.60 bits per heavy atom. The minimum Gasteiger partial charge on any atom is -0.469 e. The molecule has 30 heavy (non-hydrogen) atoms. The van der Waals surface area contributed by atoms with E-state index in [1.807, 2.05) is 13.0 Å². The smallest absolute Gasteiger partial charge is 0.313 e. The quantitative estimate of drug-likeness (QED) is 0.501. The molecule has 4 rings (SSSR count). The van der Waals surface area contributed by atoms with E-state index < -0.39 is 5.60 Å². The molecule has 0 N–H and O–H groups in total. The molecule has 0 radical (unpaired) electrons. The lowest BCUT2D eigenvalue weighted by Crippen LogP contribution is -2.53. The first-order valence-corrected chi connectivity index (χ1v) is 11.3. The van der Waals surface area contributed by atoms with Gasteiger partial charge in [0.1, 0.15) is 11.4 Å². The molecule has 0 spiro atoms. The van der Waals surface area contributed by atoms with E-state index in [1.54, 1.807) is 0 Å². The number of hydrogen-bond donors (Lipinski definition) is 0. The molecule has 0 heterocycles. The van der Waals surface area contributed by atoms with E-state index in [1.165, 1.54) is 12.7 Å². The lowest BCUT2D eigenvalue weighted by molar-refractivity contribution is -0.173. The zero-order valence-electron chi connectivity index (χ0n) is 18.9. The molecule has 2 saturated carbocycles. The second-order valence-electron chi connectivity index (χ2n) is 10.3. The molecule has 0 aliphatic heterocycles. The van der Waals surface area contributed by atoms with Crippen molar-refractivity contribution < 1.29 is 23.9 Å². The van der Waals surface area contributed by atoms with Crippen molar-refractivity contribution in [1.82, 2.24) is 0 Å². The van der Waals surface area contributed by atoms with Gasteiger partial charge in [0.15, 0.2) is 0 Å². The summed E-state index contributed by atoms with van der Waals surface area (Å²) < 4.78 is 11.2. The molecular weight excluding hydrogens is 380 g/mol. The second kappa shape index (κ2) is 7.06. The Kier molecular flexibility index (Phi) is 5.02. The van der Waals surface area contributed by atoms with Crippen LogP contribution in [0.3, 0.4) is 0 Å². The van der Waals surface area contributed by atoms with Crippen LogP contribution in [-0.4, -0.2) is 30.4 Å². The van der Waals surface area contributed by atoms with Crippen molar-refractivity contribution in [2.24, 2.45) is 28.6 Å². The number of Topliss-reactive ketones (excluding diaryl/α,β-unsaturated/α-hetero) is 1. The normalized spacial score (nSPS) is 42.3. The summed E-state index contributed by atoms with van der Waals surface area (Å²) in [6.07, 6.45) is 9.09. The number of carbonyl (C=O) groups is 3. The molecule has 5 nitrogen and oxygen atoms in total. The summed E-state index contributed by atoms with van der Waals surface area (Å²) in [7, 11) is 1.44. The summed E-state index contributed by atoms with van der Waals surface area (Å²) in [6.45, 7) is 8.36. The maximum absolute atomic E-state index is 12.9. The van der Waals surface area contributed by atoms with Crippen LogP contribution in [0.25, 0.3) is 0 Å². The highest BCUT2D eigenvalue weighted by molar-refractivity contribution is 5.84. The Hall–Kier alpha value is -1.91. The Morgan fingerprint density at radius 2 is 1.93 bits per heavy atom. The van der Waals surface area contributed by atoms with Crippen LogP contribution in [0.5, 0.6) is 0 Å². The molecule has 6 atom stereocenters. The summed E-state index contributed by atoms with van der Waals surface area (Å²) in [4.78, 5) is 37.3. The molecule has 0 amide bonds. The highest BCUT2D eigenvalue weighted by Crippen LogP contribution is 2.66. The first-order valence-electron chi connectivity index (χ1n) is 11.3. The summed E-state index contributed by atoms with van der Waals surface area (Å²) in [5.41, 5.74) is 1.45. The lowest BCUT2D eigenvalue weighted by atomic mass is 9.49. The topological polar surface area (TPSA) is 69.7 Å². The zero-order chi connectivity index (χ0) is 21.9. The van der Waals surface area contributed by atoms with Gasteiger partial charge in [-0.25, -0.2) is 0 Å². The van der Waals surface area contributed by atoms with Gasteiger partial charge < -0.3 is 9.47 Å². The van der Waals surface area contributed by atoms with Crippen molar-refractivity contribution >= 4 is 17.7 Å². The van der Waals surface area contributed by atoms with Gasteiger partial charge in [0.2, 0.25) is 0 Å². The molecule has 0 aromatic carbocycles.